The number of hydrogen-bond donors (Lipinski definition) is 1. The summed E-state index contributed by atoms with van der Waals surface area (Å²) in [4.78, 5) is 0. The summed E-state index contributed by atoms with van der Waals surface area (Å²) in [6, 6.07) is -11.4. The first-order valence-electron chi connectivity index (χ1n) is 3.39. The summed E-state index contributed by atoms with van der Waals surface area (Å²) in [5.41, 5.74) is 0. The Hall–Kier alpha value is -1.26. The largest absolute Gasteiger partial charge is 0.365 e. The fraction of sp³-hybridized carbons (Fsp3) is 0.333. The van der Waals surface area contributed by atoms with Crippen molar-refractivity contribution in [1.29, 1.82) is 0 Å². The summed E-state index contributed by atoms with van der Waals surface area (Å²) >= 11 is 0. The van der Waals surface area contributed by atoms with Gasteiger partial charge in [0.05, 0.1) is 0 Å². The molecule has 0 saturated heterocycles. The summed E-state index contributed by atoms with van der Waals surface area (Å²) in [5, 5.41) is -0.598. The van der Waals surface area contributed by atoms with E-state index in [9.17, 15) is 43.9 Å². The van der Waals surface area contributed by atoms with E-state index in [1.165, 1.54) is 0 Å². The summed E-state index contributed by atoms with van der Waals surface area (Å²) < 4.78 is 118. The van der Waals surface area contributed by atoms with E-state index < -0.39 is 41.2 Å². The van der Waals surface area contributed by atoms with Crippen molar-refractivity contribution in [3.8, 4) is 0 Å². The van der Waals surface area contributed by atoms with Crippen molar-refractivity contribution in [3.63, 3.8) is 0 Å². The maximum Gasteiger partial charge on any atom is 0.365 e. The van der Waals surface area contributed by atoms with Crippen LogP contribution in [0.3, 0.4) is 0 Å². The Bertz CT molecular complexity index is 314. The van der Waals surface area contributed by atoms with E-state index >= 15 is 0 Å². The maximum absolute atomic E-state index is 12.2. The molecule has 0 radical (unpaired) electrons. The molecule has 0 aromatic rings. The zero-order chi connectivity index (χ0) is 14.0. The van der Waals surface area contributed by atoms with Gasteiger partial charge in [-0.05, 0) is 0 Å². The molecule has 0 rings (SSSR count). The predicted octanol–water partition coefficient (Wildman–Crippen LogP) is 3.92. The number of nitrogens with one attached hydrogen (secondary N) is 1. The number of halogens is 10. The van der Waals surface area contributed by atoms with E-state index in [-0.39, 0.29) is 0 Å². The lowest BCUT2D eigenvalue weighted by Gasteiger charge is -2.21. The van der Waals surface area contributed by atoms with Gasteiger partial charge in [-0.25, -0.2) is 0 Å². The van der Waals surface area contributed by atoms with Crippen molar-refractivity contribution in [2.24, 2.45) is 0 Å². The van der Waals surface area contributed by atoms with Gasteiger partial charge in [-0.1, -0.05) is 0 Å². The van der Waals surface area contributed by atoms with Crippen LogP contribution in [0.15, 0.2) is 23.8 Å². The average Bonchev–Trinajstić information content (AvgIpc) is 2.13. The Morgan fingerprint density at radius 2 is 0.824 bits per heavy atom. The van der Waals surface area contributed by atoms with Crippen LogP contribution in [0.1, 0.15) is 0 Å². The lowest BCUT2D eigenvalue weighted by atomic mass is 10.4. The van der Waals surface area contributed by atoms with Gasteiger partial charge in [0.25, 0.3) is 0 Å². The van der Waals surface area contributed by atoms with E-state index in [0.29, 0.717) is 0 Å². The van der Waals surface area contributed by atoms with Crippen LogP contribution >= 0.6 is 0 Å². The van der Waals surface area contributed by atoms with Gasteiger partial charge in [0.15, 0.2) is 0 Å². The molecule has 0 aromatic carbocycles. The lowest BCUT2D eigenvalue weighted by molar-refractivity contribution is -0.131. The van der Waals surface area contributed by atoms with Crippen LogP contribution in [0, 0.1) is 0 Å². The molecule has 0 saturated carbocycles. The molecule has 11 heteroatoms. The highest BCUT2D eigenvalue weighted by molar-refractivity contribution is 5.10. The van der Waals surface area contributed by atoms with Crippen molar-refractivity contribution in [2.45, 2.75) is 12.1 Å². The molecule has 0 heterocycles. The third kappa shape index (κ3) is 3.91. The molecule has 0 aliphatic heterocycles. The van der Waals surface area contributed by atoms with Gasteiger partial charge in [-0.2, -0.15) is 49.2 Å². The standard InChI is InChI=1S/C6HF10N/c7-1(3(9)10)5(13,14)17-6(15,16)2(8)4(11)12/h17H. The summed E-state index contributed by atoms with van der Waals surface area (Å²) in [6.45, 7) is 0. The molecule has 0 aliphatic rings. The second kappa shape index (κ2) is 4.94. The van der Waals surface area contributed by atoms with Crippen molar-refractivity contribution >= 4 is 0 Å². The zero-order valence-electron chi connectivity index (χ0n) is 7.28. The van der Waals surface area contributed by atoms with Crippen LogP contribution in [0.25, 0.3) is 0 Å². The van der Waals surface area contributed by atoms with Crippen molar-refractivity contribution in [3.05, 3.63) is 23.8 Å². The van der Waals surface area contributed by atoms with E-state index in [4.69, 9.17) is 0 Å². The molecule has 0 atom stereocenters. The molecule has 100 valence electrons. The smallest absolute Gasteiger partial charge is 0.197 e. The highest BCUT2D eigenvalue weighted by Gasteiger charge is 2.51. The number of alkyl halides is 4. The summed E-state index contributed by atoms with van der Waals surface area (Å²) in [7, 11) is 0. The fourth-order valence-corrected chi connectivity index (χ4v) is 0.544. The van der Waals surface area contributed by atoms with Crippen molar-refractivity contribution in [1.82, 2.24) is 5.32 Å². The molecule has 0 spiro atoms. The highest BCUT2D eigenvalue weighted by atomic mass is 19.3. The van der Waals surface area contributed by atoms with E-state index in [1.807, 2.05) is 0 Å². The van der Waals surface area contributed by atoms with Gasteiger partial charge in [0.2, 0.25) is 11.7 Å². The van der Waals surface area contributed by atoms with Crippen LogP contribution in [-0.2, 0) is 0 Å². The molecule has 0 fully saturated rings. The van der Waals surface area contributed by atoms with E-state index in [2.05, 4.69) is 0 Å². The second-order valence-corrected chi connectivity index (χ2v) is 2.42. The molecule has 0 bridgehead atoms. The van der Waals surface area contributed by atoms with Crippen LogP contribution in [0.4, 0.5) is 43.9 Å². The Morgan fingerprint density at radius 1 is 0.588 bits per heavy atom. The molecule has 1 nitrogen and oxygen atoms in total. The van der Waals surface area contributed by atoms with Gasteiger partial charge in [0, 0.05) is 0 Å². The molecule has 17 heavy (non-hydrogen) atoms. The molecular weight excluding hydrogens is 276 g/mol. The van der Waals surface area contributed by atoms with Gasteiger partial charge < -0.3 is 0 Å². The molecule has 0 unspecified atom stereocenters. The highest BCUT2D eigenvalue weighted by Crippen LogP contribution is 2.34. The fourth-order valence-electron chi connectivity index (χ4n) is 0.544. The minimum absolute atomic E-state index is 0.598. The molecule has 0 amide bonds. The second-order valence-electron chi connectivity index (χ2n) is 2.42. The van der Waals surface area contributed by atoms with Gasteiger partial charge in [-0.3, -0.25) is 0 Å². The number of hydrogen-bond acceptors (Lipinski definition) is 1. The Balaban J connectivity index is 5.22. The van der Waals surface area contributed by atoms with Crippen LogP contribution in [-0.4, -0.2) is 12.1 Å². The first-order valence-corrected chi connectivity index (χ1v) is 3.39. The monoisotopic (exact) mass is 277 g/mol. The van der Waals surface area contributed by atoms with Crippen LogP contribution in [0.2, 0.25) is 0 Å². The van der Waals surface area contributed by atoms with Crippen molar-refractivity contribution in [2.75, 3.05) is 0 Å². The molecule has 1 N–H and O–H groups in total. The molecule has 0 aromatic heterocycles. The third-order valence-electron chi connectivity index (χ3n) is 1.20. The predicted molar refractivity (Wildman–Crippen MR) is 33.7 cm³/mol. The zero-order valence-corrected chi connectivity index (χ0v) is 7.28. The number of rotatable bonds is 4. The average molecular weight is 277 g/mol. The van der Waals surface area contributed by atoms with E-state index in [0.717, 1.165) is 0 Å². The Morgan fingerprint density at radius 3 is 1.00 bits per heavy atom. The summed E-state index contributed by atoms with van der Waals surface area (Å²) in [5.74, 6) is -7.27. The quantitative estimate of drug-likeness (QED) is 0.606. The Kier molecular flexibility index (Phi) is 4.57. The minimum Gasteiger partial charge on any atom is -0.197 e. The SMILES string of the molecule is FC(F)=C(F)C(F)(F)NC(F)(F)C(F)=C(F)F. The lowest BCUT2D eigenvalue weighted by Crippen LogP contribution is -2.50. The van der Waals surface area contributed by atoms with Gasteiger partial charge in [-0.15, -0.1) is 0 Å². The van der Waals surface area contributed by atoms with Crippen LogP contribution < -0.4 is 5.32 Å². The first-order chi connectivity index (χ1) is 7.42. The van der Waals surface area contributed by atoms with Gasteiger partial charge >= 0.3 is 24.3 Å². The van der Waals surface area contributed by atoms with E-state index in [1.54, 1.807) is 0 Å². The Labute approximate surface area is 86.4 Å². The summed E-state index contributed by atoms with van der Waals surface area (Å²) in [6.07, 6.45) is -7.33. The topological polar surface area (TPSA) is 12.0 Å². The minimum atomic E-state index is -5.71. The molecule has 0 aliphatic carbocycles. The first kappa shape index (κ1) is 15.7. The normalized spacial score (nSPS) is 12.4. The maximum atomic E-state index is 12.2. The molecular formula is C6HF10N. The van der Waals surface area contributed by atoms with Gasteiger partial charge in [0.1, 0.15) is 0 Å². The third-order valence-corrected chi connectivity index (χ3v) is 1.20. The van der Waals surface area contributed by atoms with Crippen LogP contribution in [0.5, 0.6) is 0 Å². The van der Waals surface area contributed by atoms with Crippen molar-refractivity contribution < 1.29 is 43.9 Å².